The van der Waals surface area contributed by atoms with Crippen molar-refractivity contribution >= 4 is 37.5 Å². The average molecular weight is 349 g/mol. The smallest absolute Gasteiger partial charge is 0.126 e. The monoisotopic (exact) mass is 348 g/mol. The maximum Gasteiger partial charge on any atom is 0.126 e. The van der Waals surface area contributed by atoms with Crippen LogP contribution in [-0.2, 0) is 12.8 Å². The van der Waals surface area contributed by atoms with E-state index in [4.69, 9.17) is 10.2 Å². The van der Waals surface area contributed by atoms with E-state index in [2.05, 4.69) is 48.8 Å². The predicted octanol–water partition coefficient (Wildman–Crippen LogP) is 5.08. The Morgan fingerprint density at radius 1 is 1.45 bits per heavy atom. The van der Waals surface area contributed by atoms with E-state index >= 15 is 0 Å². The summed E-state index contributed by atoms with van der Waals surface area (Å²) in [6.07, 6.45) is 3.38. The van der Waals surface area contributed by atoms with E-state index in [1.807, 2.05) is 0 Å². The highest BCUT2D eigenvalue weighted by atomic mass is 79.9. The number of nitriles is 1. The quantitative estimate of drug-likeness (QED) is 0.665. The summed E-state index contributed by atoms with van der Waals surface area (Å²) >= 11 is 5.03. The molecule has 1 unspecified atom stereocenters. The summed E-state index contributed by atoms with van der Waals surface area (Å²) in [5.74, 6) is 0.710. The van der Waals surface area contributed by atoms with Crippen LogP contribution >= 0.6 is 27.3 Å². The Morgan fingerprint density at radius 3 is 2.85 bits per heavy atom. The third kappa shape index (κ3) is 2.27. The molecule has 1 atom stereocenters. The molecule has 0 amide bonds. The van der Waals surface area contributed by atoms with Crippen molar-refractivity contribution in [1.29, 1.82) is 5.26 Å². The normalized spacial score (nSPS) is 18.9. The first-order chi connectivity index (χ1) is 9.40. The molecule has 0 bridgehead atoms. The molecule has 0 saturated carbocycles. The second kappa shape index (κ2) is 4.82. The minimum atomic E-state index is 0.344. The van der Waals surface area contributed by atoms with Crippen molar-refractivity contribution in [3.8, 4) is 6.07 Å². The van der Waals surface area contributed by atoms with Gasteiger partial charge in [0.05, 0.1) is 4.47 Å². The van der Waals surface area contributed by atoms with Gasteiger partial charge in [0.25, 0.3) is 0 Å². The lowest BCUT2D eigenvalue weighted by Gasteiger charge is -2.34. The lowest BCUT2D eigenvalue weighted by Crippen LogP contribution is -2.27. The zero-order chi connectivity index (χ0) is 14.5. The molecular weight excluding hydrogens is 332 g/mol. The highest BCUT2D eigenvalue weighted by Gasteiger charge is 2.29. The van der Waals surface area contributed by atoms with Crippen LogP contribution in [0.15, 0.2) is 10.5 Å². The first-order valence-corrected chi connectivity index (χ1v) is 8.52. The number of hydrogen-bond donors (Lipinski definition) is 0. The largest absolute Gasteiger partial charge is 0.242 e. The van der Waals surface area contributed by atoms with Crippen LogP contribution < -0.4 is 0 Å². The van der Waals surface area contributed by atoms with Gasteiger partial charge in [-0.05, 0) is 58.2 Å². The van der Waals surface area contributed by atoms with E-state index in [0.717, 1.165) is 32.4 Å². The molecule has 0 fully saturated rings. The predicted molar refractivity (Wildman–Crippen MR) is 87.0 cm³/mol. The van der Waals surface area contributed by atoms with Crippen molar-refractivity contribution in [2.75, 3.05) is 0 Å². The Morgan fingerprint density at radius 2 is 2.20 bits per heavy atom. The third-order valence-corrected chi connectivity index (χ3v) is 6.40. The molecule has 4 heteroatoms. The van der Waals surface area contributed by atoms with Crippen LogP contribution in [0, 0.1) is 22.7 Å². The Bertz CT molecular complexity index is 719. The number of aromatic nitrogens is 1. The molecule has 1 aliphatic carbocycles. The Hall–Kier alpha value is -0.920. The number of fused-ring (bicyclic) bond motifs is 2. The van der Waals surface area contributed by atoms with E-state index in [9.17, 15) is 0 Å². The van der Waals surface area contributed by atoms with Crippen molar-refractivity contribution in [1.82, 2.24) is 4.98 Å². The van der Waals surface area contributed by atoms with Gasteiger partial charge in [-0.25, -0.2) is 4.98 Å². The number of thiophene rings is 1. The summed E-state index contributed by atoms with van der Waals surface area (Å²) in [7, 11) is 0. The van der Waals surface area contributed by atoms with Crippen molar-refractivity contribution in [2.45, 2.75) is 40.0 Å². The molecule has 0 spiro atoms. The fourth-order valence-electron chi connectivity index (χ4n) is 2.96. The van der Waals surface area contributed by atoms with E-state index in [1.54, 1.807) is 0 Å². The third-order valence-electron chi connectivity index (χ3n) is 4.31. The first kappa shape index (κ1) is 14.0. The average Bonchev–Trinajstić information content (AvgIpc) is 2.71. The Labute approximate surface area is 132 Å². The maximum atomic E-state index is 9.14. The number of pyridine rings is 1. The number of aryl methyl sites for hydroxylation is 1. The molecule has 1 aliphatic rings. The standard InChI is InChI=1S/C16H17BrN2S/c1-16(2,3)10-4-5-12-9(6-10)7-11-14(17)13(8-18)20-15(11)19-12/h7,10H,4-6H2,1-3H3. The molecule has 0 radical (unpaired) electrons. The van der Waals surface area contributed by atoms with Crippen LogP contribution in [0.25, 0.3) is 10.2 Å². The summed E-state index contributed by atoms with van der Waals surface area (Å²) in [6.45, 7) is 6.97. The minimum Gasteiger partial charge on any atom is -0.242 e. The van der Waals surface area contributed by atoms with Gasteiger partial charge in [-0.3, -0.25) is 0 Å². The molecule has 20 heavy (non-hydrogen) atoms. The summed E-state index contributed by atoms with van der Waals surface area (Å²) < 4.78 is 0.910. The second-order valence-electron chi connectivity index (χ2n) is 6.61. The second-order valence-corrected chi connectivity index (χ2v) is 8.40. The molecule has 0 aromatic carbocycles. The van der Waals surface area contributed by atoms with Gasteiger partial charge < -0.3 is 0 Å². The fourth-order valence-corrected chi connectivity index (χ4v) is 4.59. The maximum absolute atomic E-state index is 9.14. The van der Waals surface area contributed by atoms with E-state index in [-0.39, 0.29) is 0 Å². The van der Waals surface area contributed by atoms with Crippen molar-refractivity contribution in [3.05, 3.63) is 26.7 Å². The van der Waals surface area contributed by atoms with Gasteiger partial charge in [0, 0.05) is 11.1 Å². The molecule has 3 rings (SSSR count). The number of halogens is 1. The Balaban J connectivity index is 2.09. The molecule has 0 saturated heterocycles. The van der Waals surface area contributed by atoms with Gasteiger partial charge in [-0.15, -0.1) is 11.3 Å². The van der Waals surface area contributed by atoms with Crippen LogP contribution in [0.1, 0.15) is 43.3 Å². The van der Waals surface area contributed by atoms with Gasteiger partial charge in [0.15, 0.2) is 0 Å². The summed E-state index contributed by atoms with van der Waals surface area (Å²) in [5, 5.41) is 10.2. The van der Waals surface area contributed by atoms with Crippen LogP contribution in [0.3, 0.4) is 0 Å². The summed E-state index contributed by atoms with van der Waals surface area (Å²) in [6, 6.07) is 4.49. The van der Waals surface area contributed by atoms with Crippen LogP contribution in [-0.4, -0.2) is 4.98 Å². The minimum absolute atomic E-state index is 0.344. The van der Waals surface area contributed by atoms with Crippen molar-refractivity contribution < 1.29 is 0 Å². The lowest BCUT2D eigenvalue weighted by molar-refractivity contribution is 0.215. The fraction of sp³-hybridized carbons (Fsp3) is 0.500. The molecule has 2 nitrogen and oxygen atoms in total. The number of rotatable bonds is 0. The molecule has 0 N–H and O–H groups in total. The van der Waals surface area contributed by atoms with Crippen molar-refractivity contribution in [3.63, 3.8) is 0 Å². The Kier molecular flexibility index (Phi) is 3.38. The van der Waals surface area contributed by atoms with E-state index < -0.39 is 0 Å². The highest BCUT2D eigenvalue weighted by Crippen LogP contribution is 2.40. The lowest BCUT2D eigenvalue weighted by atomic mass is 9.71. The van der Waals surface area contributed by atoms with Gasteiger partial charge in [-0.2, -0.15) is 5.26 Å². The van der Waals surface area contributed by atoms with Crippen LogP contribution in [0.5, 0.6) is 0 Å². The van der Waals surface area contributed by atoms with Gasteiger partial charge in [0.2, 0.25) is 0 Å². The number of nitrogens with zero attached hydrogens (tertiary/aromatic N) is 2. The zero-order valence-corrected chi connectivity index (χ0v) is 14.4. The van der Waals surface area contributed by atoms with Crippen LogP contribution in [0.4, 0.5) is 0 Å². The summed E-state index contributed by atoms with van der Waals surface area (Å²) in [5.41, 5.74) is 2.94. The first-order valence-electron chi connectivity index (χ1n) is 6.91. The molecule has 2 aromatic heterocycles. The van der Waals surface area contributed by atoms with Gasteiger partial charge >= 0.3 is 0 Å². The van der Waals surface area contributed by atoms with Gasteiger partial charge in [-0.1, -0.05) is 20.8 Å². The van der Waals surface area contributed by atoms with Crippen molar-refractivity contribution in [2.24, 2.45) is 11.3 Å². The molecular formula is C16H17BrN2S. The van der Waals surface area contributed by atoms with E-state index in [0.29, 0.717) is 11.3 Å². The highest BCUT2D eigenvalue weighted by molar-refractivity contribution is 9.10. The summed E-state index contributed by atoms with van der Waals surface area (Å²) in [4.78, 5) is 6.51. The molecule has 2 aromatic rings. The zero-order valence-electron chi connectivity index (χ0n) is 12.0. The SMILES string of the molecule is CC(C)(C)C1CCc2nc3sc(C#N)c(Br)c3cc2C1. The number of hydrogen-bond acceptors (Lipinski definition) is 3. The topological polar surface area (TPSA) is 36.7 Å². The van der Waals surface area contributed by atoms with Gasteiger partial charge in [0.1, 0.15) is 15.8 Å². The molecule has 2 heterocycles. The van der Waals surface area contributed by atoms with Crippen LogP contribution in [0.2, 0.25) is 0 Å². The van der Waals surface area contributed by atoms with E-state index in [1.165, 1.54) is 29.0 Å². The molecule has 104 valence electrons. The molecule has 0 aliphatic heterocycles.